The van der Waals surface area contributed by atoms with E-state index in [1.54, 1.807) is 23.6 Å². The lowest BCUT2D eigenvalue weighted by Crippen LogP contribution is -2.29. The van der Waals surface area contributed by atoms with Gasteiger partial charge in [-0.3, -0.25) is 14.2 Å². The molecular weight excluding hydrogens is 390 g/mol. The highest BCUT2D eigenvalue weighted by Gasteiger charge is 2.19. The summed E-state index contributed by atoms with van der Waals surface area (Å²) in [7, 11) is 0. The SMILES string of the molecule is Cc1ccc(NC(=O)Cn2nc3n(CC(C)C)c(=O)c4sccc4n3c2=O)cc1. The number of nitrogens with one attached hydrogen (secondary N) is 1. The molecule has 0 saturated carbocycles. The molecular formula is C20H21N5O3S. The first-order valence-corrected chi connectivity index (χ1v) is 10.2. The van der Waals surface area contributed by atoms with Gasteiger partial charge in [-0.2, -0.15) is 0 Å². The van der Waals surface area contributed by atoms with Crippen molar-refractivity contribution in [3.63, 3.8) is 0 Å². The first-order chi connectivity index (χ1) is 13.8. The van der Waals surface area contributed by atoms with Crippen molar-refractivity contribution in [2.75, 3.05) is 5.32 Å². The summed E-state index contributed by atoms with van der Waals surface area (Å²) in [5, 5.41) is 8.87. The number of amides is 1. The summed E-state index contributed by atoms with van der Waals surface area (Å²) in [6.45, 7) is 6.14. The number of aryl methyl sites for hydroxylation is 1. The molecule has 1 N–H and O–H groups in total. The number of nitrogens with zero attached hydrogens (tertiary/aromatic N) is 4. The average Bonchev–Trinajstić information content (AvgIpc) is 3.26. The van der Waals surface area contributed by atoms with Crippen molar-refractivity contribution in [2.24, 2.45) is 5.92 Å². The van der Waals surface area contributed by atoms with E-state index in [0.717, 1.165) is 10.2 Å². The third-order valence-corrected chi connectivity index (χ3v) is 5.46. The molecule has 0 bridgehead atoms. The second-order valence-electron chi connectivity index (χ2n) is 7.43. The Hall–Kier alpha value is -3.20. The molecule has 3 aromatic heterocycles. The molecule has 9 heteroatoms. The highest BCUT2D eigenvalue weighted by Crippen LogP contribution is 2.18. The topological polar surface area (TPSA) is 90.4 Å². The van der Waals surface area contributed by atoms with E-state index in [0.29, 0.717) is 22.4 Å². The van der Waals surface area contributed by atoms with Crippen LogP contribution in [0.15, 0.2) is 45.3 Å². The molecule has 1 amide bonds. The number of hydrogen-bond acceptors (Lipinski definition) is 5. The quantitative estimate of drug-likeness (QED) is 0.546. The zero-order chi connectivity index (χ0) is 20.7. The van der Waals surface area contributed by atoms with Crippen molar-refractivity contribution in [2.45, 2.75) is 33.9 Å². The molecule has 1 aromatic carbocycles. The Morgan fingerprint density at radius 3 is 2.59 bits per heavy atom. The molecule has 150 valence electrons. The number of thiophene rings is 1. The fourth-order valence-electron chi connectivity index (χ4n) is 3.24. The second kappa shape index (κ2) is 7.32. The lowest BCUT2D eigenvalue weighted by atomic mass is 10.2. The van der Waals surface area contributed by atoms with Gasteiger partial charge in [-0.15, -0.1) is 16.4 Å². The molecule has 0 aliphatic heterocycles. The third kappa shape index (κ3) is 3.49. The third-order valence-electron chi connectivity index (χ3n) is 4.56. The molecule has 0 saturated heterocycles. The van der Waals surface area contributed by atoms with Crippen LogP contribution < -0.4 is 16.6 Å². The molecule has 0 atom stereocenters. The van der Waals surface area contributed by atoms with E-state index >= 15 is 0 Å². The van der Waals surface area contributed by atoms with Gasteiger partial charge in [0.05, 0.1) is 5.52 Å². The lowest BCUT2D eigenvalue weighted by Gasteiger charge is -2.09. The first-order valence-electron chi connectivity index (χ1n) is 9.31. The molecule has 0 unspecified atom stereocenters. The second-order valence-corrected chi connectivity index (χ2v) is 8.35. The molecule has 0 fully saturated rings. The van der Waals surface area contributed by atoms with E-state index in [-0.39, 0.29) is 29.7 Å². The van der Waals surface area contributed by atoms with Crippen molar-refractivity contribution in [1.82, 2.24) is 18.7 Å². The van der Waals surface area contributed by atoms with E-state index in [1.807, 2.05) is 32.9 Å². The molecule has 0 aliphatic carbocycles. The minimum absolute atomic E-state index is 0.169. The van der Waals surface area contributed by atoms with Crippen LogP contribution in [0.1, 0.15) is 19.4 Å². The Morgan fingerprint density at radius 1 is 1.17 bits per heavy atom. The molecule has 29 heavy (non-hydrogen) atoms. The maximum atomic E-state index is 13.0. The molecule has 0 aliphatic rings. The number of aromatic nitrogens is 4. The van der Waals surface area contributed by atoms with Crippen LogP contribution in [-0.2, 0) is 17.9 Å². The smallest absolute Gasteiger partial charge is 0.324 e. The van der Waals surface area contributed by atoms with Crippen LogP contribution in [-0.4, -0.2) is 24.7 Å². The van der Waals surface area contributed by atoms with Gasteiger partial charge in [0.25, 0.3) is 5.56 Å². The summed E-state index contributed by atoms with van der Waals surface area (Å²) in [6.07, 6.45) is 0. The van der Waals surface area contributed by atoms with E-state index in [1.165, 1.54) is 20.3 Å². The lowest BCUT2D eigenvalue weighted by molar-refractivity contribution is -0.117. The van der Waals surface area contributed by atoms with E-state index < -0.39 is 5.69 Å². The highest BCUT2D eigenvalue weighted by atomic mass is 32.1. The number of benzene rings is 1. The van der Waals surface area contributed by atoms with Gasteiger partial charge >= 0.3 is 5.69 Å². The fourth-order valence-corrected chi connectivity index (χ4v) is 4.06. The Balaban J connectivity index is 1.77. The van der Waals surface area contributed by atoms with Crippen molar-refractivity contribution in [1.29, 1.82) is 0 Å². The van der Waals surface area contributed by atoms with Crippen molar-refractivity contribution >= 4 is 38.9 Å². The van der Waals surface area contributed by atoms with Gasteiger partial charge in [0.1, 0.15) is 11.2 Å². The van der Waals surface area contributed by atoms with Crippen LogP contribution in [0.4, 0.5) is 5.69 Å². The zero-order valence-electron chi connectivity index (χ0n) is 16.4. The van der Waals surface area contributed by atoms with Gasteiger partial charge in [0, 0.05) is 12.2 Å². The Labute approximate surface area is 170 Å². The van der Waals surface area contributed by atoms with Crippen LogP contribution in [0.2, 0.25) is 0 Å². The van der Waals surface area contributed by atoms with Gasteiger partial charge in [0.2, 0.25) is 11.7 Å². The van der Waals surface area contributed by atoms with Gasteiger partial charge in [-0.1, -0.05) is 31.5 Å². The van der Waals surface area contributed by atoms with E-state index in [4.69, 9.17) is 0 Å². The fraction of sp³-hybridized carbons (Fsp3) is 0.300. The number of hydrogen-bond donors (Lipinski definition) is 1. The standard InChI is InChI=1S/C20H21N5O3S/c1-12(2)10-23-18(27)17-15(8-9-29-17)25-19(23)22-24(20(25)28)11-16(26)21-14-6-4-13(3)5-7-14/h4-9,12H,10-11H2,1-3H3,(H,21,26). The minimum Gasteiger partial charge on any atom is -0.324 e. The van der Waals surface area contributed by atoms with Crippen LogP contribution in [0.5, 0.6) is 0 Å². The molecule has 3 heterocycles. The molecule has 8 nitrogen and oxygen atoms in total. The first kappa shape index (κ1) is 19.1. The largest absolute Gasteiger partial charge is 0.352 e. The minimum atomic E-state index is -0.444. The van der Waals surface area contributed by atoms with Gasteiger partial charge < -0.3 is 5.32 Å². The number of rotatable bonds is 5. The summed E-state index contributed by atoms with van der Waals surface area (Å²) < 4.78 is 4.53. The summed E-state index contributed by atoms with van der Waals surface area (Å²) >= 11 is 1.30. The van der Waals surface area contributed by atoms with Crippen molar-refractivity contribution in [3.8, 4) is 0 Å². The van der Waals surface area contributed by atoms with E-state index in [2.05, 4.69) is 10.4 Å². The normalized spacial score (nSPS) is 11.6. The summed E-state index contributed by atoms with van der Waals surface area (Å²) in [5.74, 6) is 0.0837. The predicted molar refractivity (Wildman–Crippen MR) is 114 cm³/mol. The summed E-state index contributed by atoms with van der Waals surface area (Å²) in [6, 6.07) is 9.12. The van der Waals surface area contributed by atoms with Crippen LogP contribution in [0.3, 0.4) is 0 Å². The number of fused-ring (bicyclic) bond motifs is 3. The highest BCUT2D eigenvalue weighted by molar-refractivity contribution is 7.17. The molecule has 4 aromatic rings. The van der Waals surface area contributed by atoms with Gasteiger partial charge in [-0.25, -0.2) is 13.9 Å². The maximum absolute atomic E-state index is 13.0. The van der Waals surface area contributed by atoms with Crippen molar-refractivity contribution < 1.29 is 4.79 Å². The van der Waals surface area contributed by atoms with Gasteiger partial charge in [0.15, 0.2) is 0 Å². The van der Waals surface area contributed by atoms with Crippen LogP contribution in [0, 0.1) is 12.8 Å². The van der Waals surface area contributed by atoms with Crippen LogP contribution in [0.25, 0.3) is 16.0 Å². The number of carbonyl (C=O) groups excluding carboxylic acids is 1. The van der Waals surface area contributed by atoms with Crippen molar-refractivity contribution in [3.05, 3.63) is 62.1 Å². The zero-order valence-corrected chi connectivity index (χ0v) is 17.2. The number of carbonyl (C=O) groups is 1. The van der Waals surface area contributed by atoms with Crippen LogP contribution >= 0.6 is 11.3 Å². The predicted octanol–water partition coefficient (Wildman–Crippen LogP) is 2.48. The van der Waals surface area contributed by atoms with E-state index in [9.17, 15) is 14.4 Å². The monoisotopic (exact) mass is 411 g/mol. The number of anilines is 1. The molecule has 0 spiro atoms. The van der Waals surface area contributed by atoms with Gasteiger partial charge in [-0.05, 0) is 36.4 Å². The Kier molecular flexibility index (Phi) is 4.83. The Bertz CT molecular complexity index is 1320. The summed E-state index contributed by atoms with van der Waals surface area (Å²) in [4.78, 5) is 38.3. The average molecular weight is 411 g/mol. The molecule has 0 radical (unpaired) electrons. The Morgan fingerprint density at radius 2 is 1.90 bits per heavy atom. The molecule has 4 rings (SSSR count). The maximum Gasteiger partial charge on any atom is 0.352 e. The summed E-state index contributed by atoms with van der Waals surface area (Å²) in [5.41, 5.74) is 1.64.